The molecule has 0 heterocycles. The lowest BCUT2D eigenvalue weighted by atomic mass is 10.1. The van der Waals surface area contributed by atoms with Gasteiger partial charge in [-0.25, -0.2) is 0 Å². The highest BCUT2D eigenvalue weighted by Crippen LogP contribution is 2.23. The monoisotopic (exact) mass is 308 g/mol. The van der Waals surface area contributed by atoms with Crippen molar-refractivity contribution in [2.45, 2.75) is 52.4 Å². The number of nitrogens with zero attached hydrogens (tertiary/aromatic N) is 2. The molecule has 0 unspecified atom stereocenters. The number of hydrogen-bond acceptors (Lipinski definition) is 4. The minimum Gasteiger partial charge on any atom is -0.507 e. The van der Waals surface area contributed by atoms with E-state index in [1.54, 1.807) is 6.21 Å². The summed E-state index contributed by atoms with van der Waals surface area (Å²) in [7, 11) is -1.88. The third kappa shape index (κ3) is 4.39. The number of hydrogen-bond donors (Lipinski definition) is 1. The van der Waals surface area contributed by atoms with E-state index in [9.17, 15) is 15.2 Å². The average molecular weight is 308 g/mol. The van der Waals surface area contributed by atoms with Crippen molar-refractivity contribution in [2.24, 2.45) is 4.99 Å². The first-order chi connectivity index (χ1) is 9.70. The fraction of sp³-hybridized carbons (Fsp3) is 0.533. The molecule has 0 aromatic heterocycles. The predicted molar refractivity (Wildman–Crippen MR) is 89.7 cm³/mol. The molecule has 0 saturated heterocycles. The van der Waals surface area contributed by atoms with Crippen molar-refractivity contribution in [2.75, 3.05) is 0 Å². The van der Waals surface area contributed by atoms with Gasteiger partial charge in [0.25, 0.3) is 5.69 Å². The highest BCUT2D eigenvalue weighted by atomic mass is 28.3. The SMILES string of the molecule is CCC(CC)N=Cc1cc([N+](=O)[O-])cc([Si](C)(C)C)c1O. The van der Waals surface area contributed by atoms with Gasteiger partial charge in [-0.3, -0.25) is 15.1 Å². The summed E-state index contributed by atoms with van der Waals surface area (Å²) in [5.41, 5.74) is 0.449. The number of benzene rings is 1. The second-order valence-corrected chi connectivity index (χ2v) is 11.2. The first-order valence-electron chi connectivity index (χ1n) is 7.25. The highest BCUT2D eigenvalue weighted by Gasteiger charge is 2.25. The molecule has 21 heavy (non-hydrogen) atoms. The van der Waals surface area contributed by atoms with Crippen LogP contribution in [0.2, 0.25) is 19.6 Å². The maximum Gasteiger partial charge on any atom is 0.270 e. The van der Waals surface area contributed by atoms with E-state index < -0.39 is 13.0 Å². The summed E-state index contributed by atoms with van der Waals surface area (Å²) >= 11 is 0. The van der Waals surface area contributed by atoms with E-state index in [0.717, 1.165) is 12.8 Å². The standard InChI is InChI=1S/C15H24N2O3Si/c1-6-12(7-2)16-10-11-8-13(17(19)20)9-14(15(11)18)21(3,4)5/h8-10,12,18H,6-7H2,1-5H3. The van der Waals surface area contributed by atoms with E-state index in [1.807, 2.05) is 33.5 Å². The smallest absolute Gasteiger partial charge is 0.270 e. The molecular weight excluding hydrogens is 284 g/mol. The van der Waals surface area contributed by atoms with Crippen LogP contribution in [0.3, 0.4) is 0 Å². The zero-order valence-electron chi connectivity index (χ0n) is 13.4. The fourth-order valence-corrected chi connectivity index (χ4v) is 3.54. The molecular formula is C15H24N2O3Si. The van der Waals surface area contributed by atoms with Gasteiger partial charge in [0.2, 0.25) is 0 Å². The van der Waals surface area contributed by atoms with Gasteiger partial charge in [0.15, 0.2) is 0 Å². The summed E-state index contributed by atoms with van der Waals surface area (Å²) in [5.74, 6) is 0.134. The molecule has 0 aliphatic carbocycles. The molecule has 1 aromatic rings. The van der Waals surface area contributed by atoms with Gasteiger partial charge in [0.1, 0.15) is 5.75 Å². The van der Waals surface area contributed by atoms with Crippen LogP contribution in [0, 0.1) is 10.1 Å². The Morgan fingerprint density at radius 1 is 1.33 bits per heavy atom. The molecule has 0 aliphatic rings. The largest absolute Gasteiger partial charge is 0.507 e. The summed E-state index contributed by atoms with van der Waals surface area (Å²) in [4.78, 5) is 15.1. The molecule has 0 atom stereocenters. The van der Waals surface area contributed by atoms with Gasteiger partial charge < -0.3 is 5.11 Å². The second kappa shape index (κ2) is 6.84. The number of phenols is 1. The second-order valence-electron chi connectivity index (χ2n) is 6.19. The average Bonchev–Trinajstić information content (AvgIpc) is 2.39. The summed E-state index contributed by atoms with van der Waals surface area (Å²) in [6.45, 7) is 10.2. The molecule has 1 rings (SSSR count). The van der Waals surface area contributed by atoms with E-state index in [-0.39, 0.29) is 17.5 Å². The quantitative estimate of drug-likeness (QED) is 0.378. The van der Waals surface area contributed by atoms with Gasteiger partial charge in [-0.1, -0.05) is 33.5 Å². The van der Waals surface area contributed by atoms with Crippen molar-refractivity contribution in [3.63, 3.8) is 0 Å². The number of rotatable bonds is 6. The van der Waals surface area contributed by atoms with E-state index >= 15 is 0 Å². The van der Waals surface area contributed by atoms with Crippen LogP contribution < -0.4 is 5.19 Å². The first-order valence-corrected chi connectivity index (χ1v) is 10.8. The maximum atomic E-state index is 11.1. The summed E-state index contributed by atoms with van der Waals surface area (Å²) in [5, 5.41) is 22.2. The Labute approximate surface area is 126 Å². The van der Waals surface area contributed by atoms with Crippen molar-refractivity contribution in [1.29, 1.82) is 0 Å². The van der Waals surface area contributed by atoms with Gasteiger partial charge in [-0.15, -0.1) is 0 Å². The summed E-state index contributed by atoms with van der Waals surface area (Å²) < 4.78 is 0. The lowest BCUT2D eigenvalue weighted by molar-refractivity contribution is -0.384. The molecule has 116 valence electrons. The summed E-state index contributed by atoms with van der Waals surface area (Å²) in [6.07, 6.45) is 3.39. The fourth-order valence-electron chi connectivity index (χ4n) is 2.10. The van der Waals surface area contributed by atoms with Crippen LogP contribution >= 0.6 is 0 Å². The van der Waals surface area contributed by atoms with Gasteiger partial charge in [-0.2, -0.15) is 0 Å². The van der Waals surface area contributed by atoms with Gasteiger partial charge in [0.05, 0.1) is 13.0 Å². The van der Waals surface area contributed by atoms with Crippen LogP contribution in [0.25, 0.3) is 0 Å². The molecule has 1 N–H and O–H groups in total. The van der Waals surface area contributed by atoms with Crippen molar-refractivity contribution in [1.82, 2.24) is 0 Å². The Bertz CT molecular complexity index is 547. The molecule has 0 saturated carbocycles. The number of aliphatic imine (C=N–C) groups is 1. The number of phenolic OH excluding ortho intramolecular Hbond substituents is 1. The molecule has 0 aliphatic heterocycles. The minimum atomic E-state index is -1.88. The Kier molecular flexibility index (Phi) is 5.66. The van der Waals surface area contributed by atoms with E-state index in [0.29, 0.717) is 10.8 Å². The molecule has 0 amide bonds. The minimum absolute atomic E-state index is 0.0104. The van der Waals surface area contributed by atoms with Crippen LogP contribution in [0.5, 0.6) is 5.75 Å². The van der Waals surface area contributed by atoms with Gasteiger partial charge >= 0.3 is 0 Å². The van der Waals surface area contributed by atoms with Crippen molar-refractivity contribution in [3.05, 3.63) is 27.8 Å². The molecule has 6 heteroatoms. The molecule has 0 spiro atoms. The number of nitro groups is 1. The topological polar surface area (TPSA) is 75.7 Å². The normalized spacial score (nSPS) is 12.3. The van der Waals surface area contributed by atoms with Crippen molar-refractivity contribution in [3.8, 4) is 5.75 Å². The number of aromatic hydroxyl groups is 1. The Balaban J connectivity index is 3.37. The maximum absolute atomic E-state index is 11.1. The molecule has 0 bridgehead atoms. The number of non-ortho nitro benzene ring substituents is 1. The third-order valence-corrected chi connectivity index (χ3v) is 5.51. The van der Waals surface area contributed by atoms with Crippen LogP contribution in [0.15, 0.2) is 17.1 Å². The van der Waals surface area contributed by atoms with Crippen molar-refractivity contribution >= 4 is 25.2 Å². The van der Waals surface area contributed by atoms with Gasteiger partial charge in [-0.05, 0) is 18.0 Å². The predicted octanol–water partition coefficient (Wildman–Crippen LogP) is 3.45. The zero-order chi connectivity index (χ0) is 16.2. The Morgan fingerprint density at radius 2 is 1.90 bits per heavy atom. The third-order valence-electron chi connectivity index (χ3n) is 3.51. The van der Waals surface area contributed by atoms with E-state index in [1.165, 1.54) is 12.1 Å². The highest BCUT2D eigenvalue weighted by molar-refractivity contribution is 6.89. The lowest BCUT2D eigenvalue weighted by Gasteiger charge is -2.19. The molecule has 0 radical (unpaired) electrons. The van der Waals surface area contributed by atoms with Gasteiger partial charge in [0, 0.05) is 30.0 Å². The van der Waals surface area contributed by atoms with Crippen LogP contribution in [-0.4, -0.2) is 30.4 Å². The number of nitro benzene ring substituents is 1. The molecule has 5 nitrogen and oxygen atoms in total. The van der Waals surface area contributed by atoms with Crippen LogP contribution in [0.1, 0.15) is 32.3 Å². The lowest BCUT2D eigenvalue weighted by Crippen LogP contribution is -2.38. The molecule has 1 aromatic carbocycles. The first kappa shape index (κ1) is 17.4. The van der Waals surface area contributed by atoms with Crippen LogP contribution in [-0.2, 0) is 0 Å². The van der Waals surface area contributed by atoms with Crippen LogP contribution in [0.4, 0.5) is 5.69 Å². The van der Waals surface area contributed by atoms with Crippen molar-refractivity contribution < 1.29 is 10.0 Å². The van der Waals surface area contributed by atoms with E-state index in [2.05, 4.69) is 4.99 Å². The zero-order valence-corrected chi connectivity index (χ0v) is 14.4. The Hall–Kier alpha value is -1.69. The Morgan fingerprint density at radius 3 is 2.33 bits per heavy atom. The molecule has 0 fully saturated rings. The van der Waals surface area contributed by atoms with E-state index in [4.69, 9.17) is 0 Å². The summed E-state index contributed by atoms with van der Waals surface area (Å²) in [6, 6.07) is 3.07.